The van der Waals surface area contributed by atoms with Crippen LogP contribution in [0.5, 0.6) is 0 Å². The number of esters is 1. The Hall–Kier alpha value is -5.32. The Morgan fingerprint density at radius 3 is 2.56 bits per heavy atom. The fourth-order valence-corrected chi connectivity index (χ4v) is 15.1. The molecule has 3 saturated carbocycles. The van der Waals surface area contributed by atoms with Crippen molar-refractivity contribution in [2.75, 3.05) is 91.9 Å². The van der Waals surface area contributed by atoms with Crippen LogP contribution >= 0.6 is 11.3 Å². The number of cyclic esters (lactones) is 1. The number of carbonyl (C=O) groups is 3. The molecule has 1 aromatic carbocycles. The molecule has 7 atom stereocenters. The van der Waals surface area contributed by atoms with E-state index in [1.54, 1.807) is 25.5 Å². The number of ether oxygens (including phenoxy) is 5. The highest BCUT2D eigenvalue weighted by molar-refractivity contribution is 7.10. The third-order valence-corrected chi connectivity index (χ3v) is 19.8. The van der Waals surface area contributed by atoms with Crippen LogP contribution in [0, 0.1) is 23.2 Å². The fraction of sp³-hybridized carbons (Fsp3) is 0.645. The van der Waals surface area contributed by atoms with E-state index >= 15 is 4.79 Å². The molecule has 9 heterocycles. The van der Waals surface area contributed by atoms with Gasteiger partial charge >= 0.3 is 5.97 Å². The Bertz CT molecular complexity index is 3120. The lowest BCUT2D eigenvalue weighted by atomic mass is 9.66. The van der Waals surface area contributed by atoms with Crippen molar-refractivity contribution < 1.29 is 42.5 Å². The summed E-state index contributed by atoms with van der Waals surface area (Å²) in [5.41, 5.74) is 9.96. The Morgan fingerprint density at radius 1 is 1.02 bits per heavy atom. The van der Waals surface area contributed by atoms with Crippen LogP contribution in [0.4, 0.5) is 5.69 Å². The van der Waals surface area contributed by atoms with Gasteiger partial charge in [-0.2, -0.15) is 0 Å². The zero-order chi connectivity index (χ0) is 57.2. The van der Waals surface area contributed by atoms with E-state index in [4.69, 9.17) is 38.1 Å². The fourth-order valence-electron chi connectivity index (χ4n) is 14.1. The maximum Gasteiger partial charge on any atom is 0.328 e. The van der Waals surface area contributed by atoms with E-state index in [1.165, 1.54) is 30.6 Å². The van der Waals surface area contributed by atoms with Gasteiger partial charge < -0.3 is 42.9 Å². The van der Waals surface area contributed by atoms with Gasteiger partial charge in [-0.1, -0.05) is 26.8 Å². The summed E-state index contributed by atoms with van der Waals surface area (Å²) in [6.45, 7) is 19.8. The van der Waals surface area contributed by atoms with Crippen LogP contribution in [0.15, 0.2) is 52.9 Å². The second kappa shape index (κ2) is 22.9. The molecular weight excluding hydrogens is 1060 g/mol. The van der Waals surface area contributed by atoms with Gasteiger partial charge in [0.1, 0.15) is 22.9 Å². The summed E-state index contributed by atoms with van der Waals surface area (Å²) in [4.78, 5) is 67.5. The number of amides is 2. The third-order valence-electron chi connectivity index (χ3n) is 18.9. The first-order valence-electron chi connectivity index (χ1n) is 30.0. The van der Waals surface area contributed by atoms with Crippen molar-refractivity contribution in [1.82, 2.24) is 45.1 Å². The zero-order valence-electron chi connectivity index (χ0n) is 49.4. The zero-order valence-corrected chi connectivity index (χ0v) is 50.2. The molecule has 4 saturated heterocycles. The predicted molar refractivity (Wildman–Crippen MR) is 312 cm³/mol. The number of aromatic nitrogens is 4. The van der Waals surface area contributed by atoms with Crippen LogP contribution in [0.1, 0.15) is 127 Å². The number of rotatable bonds is 17. The predicted octanol–water partition coefficient (Wildman–Crippen LogP) is 7.95. The lowest BCUT2D eigenvalue weighted by Crippen LogP contribution is -2.75. The number of nitrogens with zero attached hydrogens (tertiary/aromatic N) is 8. The molecule has 442 valence electrons. The van der Waals surface area contributed by atoms with Crippen molar-refractivity contribution in [3.63, 3.8) is 0 Å². The first-order valence-corrected chi connectivity index (χ1v) is 30.8. The topological polar surface area (TPSA) is 191 Å². The van der Waals surface area contributed by atoms with Crippen LogP contribution in [0.2, 0.25) is 0 Å². The van der Waals surface area contributed by atoms with Crippen molar-refractivity contribution in [2.45, 2.75) is 147 Å². The summed E-state index contributed by atoms with van der Waals surface area (Å²) in [5, 5.41) is 8.66. The van der Waals surface area contributed by atoms with Gasteiger partial charge in [0, 0.05) is 130 Å². The van der Waals surface area contributed by atoms with Crippen molar-refractivity contribution in [2.24, 2.45) is 23.2 Å². The summed E-state index contributed by atoms with van der Waals surface area (Å²) in [5.74, 6) is -1.49. The molecule has 2 amide bonds. The minimum atomic E-state index is -1.11. The second-order valence-corrected chi connectivity index (χ2v) is 26.9. The number of carbonyl (C=O) groups excluding carboxylic acids is 3. The molecule has 1 spiro atoms. The van der Waals surface area contributed by atoms with Crippen molar-refractivity contribution >= 4 is 45.7 Å². The van der Waals surface area contributed by atoms with Gasteiger partial charge in [0.15, 0.2) is 6.39 Å². The van der Waals surface area contributed by atoms with E-state index in [0.717, 1.165) is 89.4 Å². The molecular formula is C62H84N10O9S. The monoisotopic (exact) mass is 1140 g/mol. The molecule has 13 rings (SSSR count). The molecule has 4 aromatic heterocycles. The van der Waals surface area contributed by atoms with Gasteiger partial charge in [-0.15, -0.1) is 11.3 Å². The van der Waals surface area contributed by atoms with Crippen molar-refractivity contribution in [3.8, 4) is 22.5 Å². The Kier molecular flexibility index (Phi) is 16.0. The molecule has 3 aliphatic carbocycles. The minimum absolute atomic E-state index is 0.0168. The highest BCUT2D eigenvalue weighted by Crippen LogP contribution is 2.54. The van der Waals surface area contributed by atoms with E-state index in [0.29, 0.717) is 81.9 Å². The Labute approximate surface area is 486 Å². The second-order valence-electron chi connectivity index (χ2n) is 26.1. The molecule has 82 heavy (non-hydrogen) atoms. The number of benzene rings is 1. The van der Waals surface area contributed by atoms with E-state index in [1.807, 2.05) is 20.2 Å². The number of pyridine rings is 1. The molecule has 0 radical (unpaired) electrons. The van der Waals surface area contributed by atoms with Gasteiger partial charge in [0.25, 0.3) is 5.91 Å². The van der Waals surface area contributed by atoms with Crippen molar-refractivity contribution in [1.29, 1.82) is 0 Å². The van der Waals surface area contributed by atoms with Crippen LogP contribution in [0.25, 0.3) is 33.4 Å². The van der Waals surface area contributed by atoms with Crippen LogP contribution < -0.4 is 15.6 Å². The number of oxazole rings is 1. The van der Waals surface area contributed by atoms with Gasteiger partial charge in [-0.3, -0.25) is 29.4 Å². The van der Waals surface area contributed by atoms with E-state index in [2.05, 4.69) is 99.3 Å². The highest BCUT2D eigenvalue weighted by Gasteiger charge is 2.59. The van der Waals surface area contributed by atoms with Gasteiger partial charge in [0.2, 0.25) is 5.91 Å². The van der Waals surface area contributed by atoms with Gasteiger partial charge in [-0.05, 0) is 108 Å². The normalized spacial score (nSPS) is 28.6. The van der Waals surface area contributed by atoms with E-state index in [9.17, 15) is 9.59 Å². The standard InChI is InChI=1S/C62H84N10O9S/c1-37-50(47-33-78-36-64-47)51(37)56(73)66-53-55(68(7)16-10-22-76-8)57-65-48(34-82-57)40-11-14-49-44(25-40)46(30-60(3,4)35-80-59(75)62-27-39(28-62)32-72(67-62)58(53)74)54(71(49)21-24-79-43-15-23-81-61(5,6)29-43)45-26-42(31-63-52(45)38(2)77-9)70-19-17-69(18-20-70)41-12-13-41/h11,14,25-26,31,33-34,36-39,41,43,50-51,53,55,67H,10,12-13,15-24,27-30,32,35H2,1-9H3,(H,66,73)/t37-,38-,39?,43-,50-,51+,53-,55-,62?/m0/s1. The molecule has 7 fully saturated rings. The summed E-state index contributed by atoms with van der Waals surface area (Å²) >= 11 is 1.48. The number of anilines is 1. The quantitative estimate of drug-likeness (QED) is 0.0673. The number of likely N-dealkylation sites (N-methyl/N-ethyl adjacent to an activating group) is 1. The molecule has 5 aromatic rings. The summed E-state index contributed by atoms with van der Waals surface area (Å²) < 4.78 is 38.9. The number of hydrogen-bond donors (Lipinski definition) is 2. The smallest absolute Gasteiger partial charge is 0.328 e. The molecule has 20 heteroatoms. The summed E-state index contributed by atoms with van der Waals surface area (Å²) in [6.07, 6.45) is 11.3. The molecule has 5 aliphatic heterocycles. The number of methoxy groups -OCH3 is 2. The van der Waals surface area contributed by atoms with Crippen LogP contribution in [-0.4, -0.2) is 168 Å². The Balaban J connectivity index is 0.999. The van der Waals surface area contributed by atoms with Gasteiger partial charge in [0.05, 0.1) is 71.7 Å². The number of fused-ring (bicyclic) bond motifs is 4. The van der Waals surface area contributed by atoms with Crippen LogP contribution in [0.3, 0.4) is 0 Å². The Morgan fingerprint density at radius 2 is 1.83 bits per heavy atom. The molecule has 8 aliphatic rings. The molecule has 2 N–H and O–H groups in total. The minimum Gasteiger partial charge on any atom is -0.464 e. The maximum atomic E-state index is 15.5. The summed E-state index contributed by atoms with van der Waals surface area (Å²) in [7, 11) is 5.40. The summed E-state index contributed by atoms with van der Waals surface area (Å²) in [6, 6.07) is 7.89. The number of nitrogens with one attached hydrogen (secondary N) is 2. The maximum absolute atomic E-state index is 15.5. The number of piperazine rings is 1. The molecule has 0 unspecified atom stereocenters. The van der Waals surface area contributed by atoms with E-state index < -0.39 is 29.0 Å². The molecule has 7 bridgehead atoms. The van der Waals surface area contributed by atoms with Gasteiger partial charge in [-0.25, -0.2) is 20.2 Å². The number of thiazole rings is 1. The third kappa shape index (κ3) is 11.4. The SMILES string of the molecule is COCCCN(C)[C@@H]1c2nc(cs2)-c2ccc3c(c2)c(c(-c2cc(N4CCN(C5CC5)CC4)cnc2[C@H](C)OC)n3CCO[C@H]2CCOC(C)(C)C2)CC(C)(C)COC(=O)C23CC(CN(N2)C(=O)[C@H]1NC(=O)[C@@H]1[C@@H](C)[C@H]1c1cocn1)C3. The number of hydrazine groups is 1. The largest absolute Gasteiger partial charge is 0.464 e. The van der Waals surface area contributed by atoms with Crippen molar-refractivity contribution in [3.05, 3.63) is 70.5 Å². The van der Waals surface area contributed by atoms with E-state index in [-0.39, 0.29) is 60.0 Å². The first kappa shape index (κ1) is 57.1. The lowest BCUT2D eigenvalue weighted by molar-refractivity contribution is -0.180. The first-order chi connectivity index (χ1) is 39.4. The lowest BCUT2D eigenvalue weighted by Gasteiger charge is -2.55. The highest BCUT2D eigenvalue weighted by atomic mass is 32.1. The average Bonchev–Trinajstić information content (AvgIpc) is 3.24. The molecule has 19 nitrogen and oxygen atoms in total. The average molecular weight is 1150 g/mol. The van der Waals surface area contributed by atoms with Crippen LogP contribution in [-0.2, 0) is 51.0 Å². The number of hydrogen-bond acceptors (Lipinski definition) is 17.